The molecule has 0 bridgehead atoms. The van der Waals surface area contributed by atoms with Gasteiger partial charge in [0.05, 0.1) is 5.52 Å². The average molecular weight is 264 g/mol. The Hall–Kier alpha value is -1.40. The lowest BCUT2D eigenvalue weighted by molar-refractivity contribution is 0.0717. The number of carbonyl (C=O) groups excluding carboxylic acids is 2. The fraction of sp³-hybridized carbons (Fsp3) is 0.0909. The van der Waals surface area contributed by atoms with Gasteiger partial charge in [-0.05, 0) is 12.1 Å². The number of rotatable bonds is 0. The average Bonchev–Trinajstić information content (AvgIpc) is 2.73. The van der Waals surface area contributed by atoms with E-state index >= 15 is 0 Å². The maximum absolute atomic E-state index is 12.1. The highest BCUT2D eigenvalue weighted by Gasteiger charge is 2.36. The number of hydrogen-bond acceptors (Lipinski definition) is 4. The Morgan fingerprint density at radius 3 is 2.65 bits per heavy atom. The number of amides is 1. The number of thiol groups is 2. The van der Waals surface area contributed by atoms with E-state index in [1.807, 2.05) is 18.2 Å². The van der Waals surface area contributed by atoms with Gasteiger partial charge in [-0.3, -0.25) is 18.5 Å². The van der Waals surface area contributed by atoms with Gasteiger partial charge in [0.2, 0.25) is 0 Å². The van der Waals surface area contributed by atoms with Gasteiger partial charge in [0, 0.05) is 5.39 Å². The van der Waals surface area contributed by atoms with Crippen molar-refractivity contribution in [1.82, 2.24) is 8.87 Å². The topological polar surface area (TPSA) is 42.3 Å². The van der Waals surface area contributed by atoms with Gasteiger partial charge >= 0.3 is 0 Å². The molecule has 2 heterocycles. The van der Waals surface area contributed by atoms with Crippen LogP contribution < -0.4 is 0 Å². The first kappa shape index (κ1) is 10.7. The zero-order chi connectivity index (χ0) is 12.2. The standard InChI is InChI=1S/C11H8N2O2S2/c14-9-8-5-6-3-1-2-4-7(6)12(8)10(15)11(16)13(9)17/h1-5,11,16-17H. The fourth-order valence-electron chi connectivity index (χ4n) is 2.00. The molecule has 1 aliphatic heterocycles. The van der Waals surface area contributed by atoms with Gasteiger partial charge in [-0.15, -0.1) is 12.6 Å². The third-order valence-electron chi connectivity index (χ3n) is 2.81. The molecule has 1 unspecified atom stereocenters. The van der Waals surface area contributed by atoms with E-state index < -0.39 is 5.37 Å². The summed E-state index contributed by atoms with van der Waals surface area (Å²) in [6.07, 6.45) is 0. The molecule has 0 aliphatic carbocycles. The molecule has 0 saturated carbocycles. The molecule has 6 heteroatoms. The summed E-state index contributed by atoms with van der Waals surface area (Å²) >= 11 is 8.08. The molecule has 1 aromatic heterocycles. The molecule has 0 spiro atoms. The van der Waals surface area contributed by atoms with E-state index in [1.165, 1.54) is 4.57 Å². The summed E-state index contributed by atoms with van der Waals surface area (Å²) < 4.78 is 2.45. The van der Waals surface area contributed by atoms with Crippen LogP contribution in [0.1, 0.15) is 15.3 Å². The Bertz CT molecular complexity index is 650. The number of benzene rings is 1. The molecule has 2 aromatic rings. The van der Waals surface area contributed by atoms with Crippen molar-refractivity contribution in [2.75, 3.05) is 0 Å². The van der Waals surface area contributed by atoms with Crippen LogP contribution >= 0.6 is 25.4 Å². The highest BCUT2D eigenvalue weighted by atomic mass is 32.1. The van der Waals surface area contributed by atoms with Crippen molar-refractivity contribution < 1.29 is 9.59 Å². The van der Waals surface area contributed by atoms with Gasteiger partial charge in [0.15, 0.2) is 5.37 Å². The summed E-state index contributed by atoms with van der Waals surface area (Å²) in [4.78, 5) is 24.1. The molecule has 0 radical (unpaired) electrons. The van der Waals surface area contributed by atoms with E-state index in [2.05, 4.69) is 25.4 Å². The van der Waals surface area contributed by atoms with Crippen molar-refractivity contribution in [2.24, 2.45) is 0 Å². The maximum Gasteiger partial charge on any atom is 0.282 e. The minimum absolute atomic E-state index is 0.265. The molecular formula is C11H8N2O2S2. The summed E-state index contributed by atoms with van der Waals surface area (Å²) in [5.74, 6) is -0.580. The quantitative estimate of drug-likeness (QED) is 0.713. The van der Waals surface area contributed by atoms with Crippen LogP contribution in [-0.2, 0) is 0 Å². The van der Waals surface area contributed by atoms with Crippen molar-refractivity contribution in [3.8, 4) is 0 Å². The fourth-order valence-corrected chi connectivity index (χ4v) is 2.42. The molecule has 3 rings (SSSR count). The van der Waals surface area contributed by atoms with Crippen LogP contribution in [0.3, 0.4) is 0 Å². The largest absolute Gasteiger partial charge is 0.282 e. The SMILES string of the molecule is O=C1c2cc3ccccc3n2C(=O)C(S)N1S. The Morgan fingerprint density at radius 2 is 1.88 bits per heavy atom. The molecule has 1 aromatic carbocycles. The van der Waals surface area contributed by atoms with Gasteiger partial charge in [-0.2, -0.15) is 0 Å². The molecule has 17 heavy (non-hydrogen) atoms. The molecule has 0 saturated heterocycles. The highest BCUT2D eigenvalue weighted by molar-refractivity contribution is 7.84. The first-order chi connectivity index (χ1) is 8.11. The number of aromatic nitrogens is 1. The van der Waals surface area contributed by atoms with Crippen LogP contribution in [0.4, 0.5) is 0 Å². The lowest BCUT2D eigenvalue weighted by atomic mass is 10.2. The van der Waals surface area contributed by atoms with Gasteiger partial charge in [0.25, 0.3) is 11.8 Å². The Morgan fingerprint density at radius 1 is 1.18 bits per heavy atom. The number of hydrogen-bond donors (Lipinski definition) is 2. The normalized spacial score (nSPS) is 19.9. The third kappa shape index (κ3) is 1.34. The van der Waals surface area contributed by atoms with Crippen molar-refractivity contribution in [3.63, 3.8) is 0 Å². The lowest BCUT2D eigenvalue weighted by Crippen LogP contribution is -2.44. The predicted molar refractivity (Wildman–Crippen MR) is 70.5 cm³/mol. The zero-order valence-corrected chi connectivity index (χ0v) is 10.4. The summed E-state index contributed by atoms with van der Waals surface area (Å²) in [6, 6.07) is 9.04. The van der Waals surface area contributed by atoms with Crippen LogP contribution in [-0.4, -0.2) is 26.1 Å². The van der Waals surface area contributed by atoms with Crippen LogP contribution in [0, 0.1) is 0 Å². The second-order valence-corrected chi connectivity index (χ2v) is 4.71. The predicted octanol–water partition coefficient (Wildman–Crippen LogP) is 1.84. The number of fused-ring (bicyclic) bond motifs is 3. The molecule has 1 aliphatic rings. The van der Waals surface area contributed by atoms with Crippen LogP contribution in [0.5, 0.6) is 0 Å². The maximum atomic E-state index is 12.1. The molecule has 86 valence electrons. The van der Waals surface area contributed by atoms with E-state index in [9.17, 15) is 9.59 Å². The molecule has 0 N–H and O–H groups in total. The smallest absolute Gasteiger partial charge is 0.272 e. The number of carbonyl (C=O) groups is 2. The van der Waals surface area contributed by atoms with Crippen molar-refractivity contribution in [1.29, 1.82) is 0 Å². The molecule has 0 fully saturated rings. The van der Waals surface area contributed by atoms with E-state index in [0.717, 1.165) is 15.2 Å². The zero-order valence-electron chi connectivity index (χ0n) is 8.57. The van der Waals surface area contributed by atoms with E-state index in [1.54, 1.807) is 12.1 Å². The molecule has 4 nitrogen and oxygen atoms in total. The van der Waals surface area contributed by atoms with Crippen LogP contribution in [0.2, 0.25) is 0 Å². The molecule has 1 amide bonds. The van der Waals surface area contributed by atoms with Gasteiger partial charge < -0.3 is 0 Å². The summed E-state index contributed by atoms with van der Waals surface area (Å²) in [5.41, 5.74) is 1.05. The van der Waals surface area contributed by atoms with Crippen molar-refractivity contribution >= 4 is 48.2 Å². The van der Waals surface area contributed by atoms with Gasteiger partial charge in [-0.25, -0.2) is 0 Å². The van der Waals surface area contributed by atoms with E-state index in [4.69, 9.17) is 0 Å². The van der Waals surface area contributed by atoms with E-state index in [-0.39, 0.29) is 11.8 Å². The Labute approximate surface area is 108 Å². The minimum atomic E-state index is -0.853. The van der Waals surface area contributed by atoms with Crippen LogP contribution in [0.15, 0.2) is 30.3 Å². The second-order valence-electron chi connectivity index (χ2n) is 3.79. The van der Waals surface area contributed by atoms with Crippen molar-refractivity contribution in [3.05, 3.63) is 36.0 Å². The highest BCUT2D eigenvalue weighted by Crippen LogP contribution is 2.28. The minimum Gasteiger partial charge on any atom is -0.272 e. The summed E-state index contributed by atoms with van der Waals surface area (Å²) in [7, 11) is 0. The first-order valence-electron chi connectivity index (χ1n) is 4.96. The van der Waals surface area contributed by atoms with Crippen molar-refractivity contribution in [2.45, 2.75) is 5.37 Å². The third-order valence-corrected chi connectivity index (χ3v) is 3.86. The Balaban J connectivity index is 2.38. The number of para-hydroxylation sites is 1. The van der Waals surface area contributed by atoms with Gasteiger partial charge in [-0.1, -0.05) is 31.0 Å². The van der Waals surface area contributed by atoms with E-state index in [0.29, 0.717) is 5.69 Å². The molecular weight excluding hydrogens is 256 g/mol. The second kappa shape index (κ2) is 3.54. The first-order valence-corrected chi connectivity index (χ1v) is 5.88. The van der Waals surface area contributed by atoms with Crippen LogP contribution in [0.25, 0.3) is 10.9 Å². The monoisotopic (exact) mass is 264 g/mol. The Kier molecular flexibility index (Phi) is 2.24. The number of nitrogens with zero attached hydrogens (tertiary/aromatic N) is 2. The summed E-state index contributed by atoms with van der Waals surface area (Å²) in [6.45, 7) is 0. The summed E-state index contributed by atoms with van der Waals surface area (Å²) in [5, 5.41) is 0.00232. The lowest BCUT2D eigenvalue weighted by Gasteiger charge is -2.27. The molecule has 1 atom stereocenters. The van der Waals surface area contributed by atoms with Gasteiger partial charge in [0.1, 0.15) is 5.69 Å².